The molecule has 3 rings (SSSR count). The van der Waals surface area contributed by atoms with Gasteiger partial charge in [0, 0.05) is 37.7 Å². The fourth-order valence-electron chi connectivity index (χ4n) is 3.26. The van der Waals surface area contributed by atoms with Crippen LogP contribution < -0.4 is 9.47 Å². The van der Waals surface area contributed by atoms with Crippen molar-refractivity contribution in [3.05, 3.63) is 23.8 Å². The SMILES string of the molecule is COc1cc(OC)cc(C2C(S(=O)(=O)N3CCSCC3)CON2C)c1. The summed E-state index contributed by atoms with van der Waals surface area (Å²) in [6.07, 6.45) is 0. The average Bonchev–Trinajstić information content (AvgIpc) is 3.04. The van der Waals surface area contributed by atoms with Crippen LogP contribution in [0.25, 0.3) is 0 Å². The largest absolute Gasteiger partial charge is 0.497 e. The van der Waals surface area contributed by atoms with Crippen molar-refractivity contribution < 1.29 is 22.7 Å². The van der Waals surface area contributed by atoms with Crippen molar-refractivity contribution in [1.82, 2.24) is 9.37 Å². The van der Waals surface area contributed by atoms with E-state index in [0.717, 1.165) is 17.1 Å². The first-order valence-corrected chi connectivity index (χ1v) is 10.8. The molecule has 7 nitrogen and oxygen atoms in total. The molecule has 0 amide bonds. The number of ether oxygens (including phenoxy) is 2. The third kappa shape index (κ3) is 3.75. The van der Waals surface area contributed by atoms with Crippen LogP contribution >= 0.6 is 11.8 Å². The standard InChI is InChI=1S/C16H24N2O5S2/c1-17-16(12-8-13(21-2)10-14(9-12)22-3)15(11-23-17)25(19,20)18-4-6-24-7-5-18/h8-10,15-16H,4-7,11H2,1-3H3. The summed E-state index contributed by atoms with van der Waals surface area (Å²) < 4.78 is 38.6. The number of methoxy groups -OCH3 is 2. The molecule has 1 aromatic carbocycles. The monoisotopic (exact) mass is 388 g/mol. The van der Waals surface area contributed by atoms with Crippen molar-refractivity contribution in [1.29, 1.82) is 0 Å². The van der Waals surface area contributed by atoms with E-state index >= 15 is 0 Å². The van der Waals surface area contributed by atoms with Gasteiger partial charge >= 0.3 is 0 Å². The maximum Gasteiger partial charge on any atom is 0.221 e. The molecule has 2 saturated heterocycles. The molecule has 140 valence electrons. The first-order chi connectivity index (χ1) is 12.0. The Kier molecular flexibility index (Phi) is 5.79. The highest BCUT2D eigenvalue weighted by atomic mass is 32.2. The Morgan fingerprint density at radius 1 is 1.12 bits per heavy atom. The number of hydrogen-bond acceptors (Lipinski definition) is 7. The van der Waals surface area contributed by atoms with E-state index in [1.807, 2.05) is 12.1 Å². The molecular weight excluding hydrogens is 364 g/mol. The van der Waals surface area contributed by atoms with Crippen LogP contribution in [0.5, 0.6) is 11.5 Å². The van der Waals surface area contributed by atoms with E-state index in [9.17, 15) is 8.42 Å². The summed E-state index contributed by atoms with van der Waals surface area (Å²) >= 11 is 1.78. The van der Waals surface area contributed by atoms with Crippen LogP contribution in [-0.4, -0.2) is 75.5 Å². The zero-order valence-corrected chi connectivity index (χ0v) is 16.3. The van der Waals surface area contributed by atoms with Gasteiger partial charge in [0.05, 0.1) is 26.9 Å². The molecule has 2 aliphatic heterocycles. The van der Waals surface area contributed by atoms with Crippen LogP contribution in [0.4, 0.5) is 0 Å². The zero-order valence-electron chi connectivity index (χ0n) is 14.7. The second kappa shape index (κ2) is 7.71. The van der Waals surface area contributed by atoms with Gasteiger partial charge in [0.25, 0.3) is 0 Å². The number of nitrogens with zero attached hydrogens (tertiary/aromatic N) is 2. The van der Waals surface area contributed by atoms with Crippen LogP contribution in [0.3, 0.4) is 0 Å². The maximum atomic E-state index is 13.2. The highest BCUT2D eigenvalue weighted by Crippen LogP contribution is 2.38. The minimum atomic E-state index is -3.46. The van der Waals surface area contributed by atoms with E-state index in [4.69, 9.17) is 14.3 Å². The number of thioether (sulfide) groups is 1. The van der Waals surface area contributed by atoms with E-state index in [0.29, 0.717) is 24.6 Å². The second-order valence-electron chi connectivity index (χ2n) is 6.03. The third-order valence-electron chi connectivity index (χ3n) is 4.61. The number of sulfonamides is 1. The van der Waals surface area contributed by atoms with Crippen LogP contribution in [-0.2, 0) is 14.9 Å². The summed E-state index contributed by atoms with van der Waals surface area (Å²) in [4.78, 5) is 5.60. The van der Waals surface area contributed by atoms with Gasteiger partial charge in [-0.05, 0) is 17.7 Å². The smallest absolute Gasteiger partial charge is 0.221 e. The lowest BCUT2D eigenvalue weighted by Crippen LogP contribution is -2.45. The Balaban J connectivity index is 1.96. The lowest BCUT2D eigenvalue weighted by Gasteiger charge is -2.31. The second-order valence-corrected chi connectivity index (χ2v) is 9.40. The van der Waals surface area contributed by atoms with Crippen molar-refractivity contribution in [2.24, 2.45) is 0 Å². The molecule has 2 aliphatic rings. The zero-order chi connectivity index (χ0) is 18.0. The molecule has 0 saturated carbocycles. The number of benzene rings is 1. The van der Waals surface area contributed by atoms with Gasteiger partial charge in [-0.1, -0.05) is 0 Å². The lowest BCUT2D eigenvalue weighted by molar-refractivity contribution is -0.110. The molecule has 9 heteroatoms. The van der Waals surface area contributed by atoms with Gasteiger partial charge in [0.1, 0.15) is 16.7 Å². The normalized spacial score (nSPS) is 25.9. The predicted octanol–water partition coefficient (Wildman–Crippen LogP) is 1.37. The van der Waals surface area contributed by atoms with Gasteiger partial charge in [-0.25, -0.2) is 8.42 Å². The van der Waals surface area contributed by atoms with Crippen molar-refractivity contribution in [2.45, 2.75) is 11.3 Å². The van der Waals surface area contributed by atoms with Gasteiger partial charge in [0.15, 0.2) is 0 Å². The van der Waals surface area contributed by atoms with E-state index in [1.165, 1.54) is 0 Å². The molecule has 0 radical (unpaired) electrons. The van der Waals surface area contributed by atoms with Gasteiger partial charge in [0.2, 0.25) is 10.0 Å². The Labute approximate surface area is 153 Å². The molecule has 1 aromatic rings. The van der Waals surface area contributed by atoms with E-state index < -0.39 is 21.3 Å². The molecule has 2 heterocycles. The Hall–Kier alpha value is -1.00. The number of rotatable bonds is 5. The van der Waals surface area contributed by atoms with Gasteiger partial charge in [-0.2, -0.15) is 21.1 Å². The minimum absolute atomic E-state index is 0.146. The maximum absolute atomic E-state index is 13.2. The first kappa shape index (κ1) is 18.8. The molecule has 0 aliphatic carbocycles. The van der Waals surface area contributed by atoms with Crippen molar-refractivity contribution in [2.75, 3.05) is 52.5 Å². The third-order valence-corrected chi connectivity index (χ3v) is 7.80. The molecule has 0 aromatic heterocycles. The first-order valence-electron chi connectivity index (χ1n) is 8.13. The molecule has 25 heavy (non-hydrogen) atoms. The van der Waals surface area contributed by atoms with E-state index in [-0.39, 0.29) is 6.61 Å². The van der Waals surface area contributed by atoms with Gasteiger partial charge in [-0.3, -0.25) is 4.84 Å². The van der Waals surface area contributed by atoms with E-state index in [1.54, 1.807) is 48.5 Å². The Morgan fingerprint density at radius 2 is 1.72 bits per heavy atom. The summed E-state index contributed by atoms with van der Waals surface area (Å²) in [5.74, 6) is 2.92. The fourth-order valence-corrected chi connectivity index (χ4v) is 6.36. The average molecular weight is 389 g/mol. The highest BCUT2D eigenvalue weighted by Gasteiger charge is 2.46. The van der Waals surface area contributed by atoms with Crippen LogP contribution in [0.15, 0.2) is 18.2 Å². The van der Waals surface area contributed by atoms with Crippen LogP contribution in [0.2, 0.25) is 0 Å². The summed E-state index contributed by atoms with van der Waals surface area (Å²) in [5, 5.41) is 0.965. The summed E-state index contributed by atoms with van der Waals surface area (Å²) in [5.41, 5.74) is 0.802. The quantitative estimate of drug-likeness (QED) is 0.755. The molecular formula is C16H24N2O5S2. The Bertz CT molecular complexity index is 684. The summed E-state index contributed by atoms with van der Waals surface area (Å²) in [6.45, 7) is 1.26. The fraction of sp³-hybridized carbons (Fsp3) is 0.625. The molecule has 0 bridgehead atoms. The highest BCUT2D eigenvalue weighted by molar-refractivity contribution is 7.99. The van der Waals surface area contributed by atoms with Crippen LogP contribution in [0, 0.1) is 0 Å². The van der Waals surface area contributed by atoms with Crippen molar-refractivity contribution >= 4 is 21.8 Å². The molecule has 2 fully saturated rings. The van der Waals surface area contributed by atoms with Gasteiger partial charge < -0.3 is 9.47 Å². The molecule has 2 atom stereocenters. The van der Waals surface area contributed by atoms with Gasteiger partial charge in [-0.15, -0.1) is 0 Å². The topological polar surface area (TPSA) is 68.3 Å². The minimum Gasteiger partial charge on any atom is -0.497 e. The lowest BCUT2D eigenvalue weighted by atomic mass is 10.0. The molecule has 0 N–H and O–H groups in total. The predicted molar refractivity (Wildman–Crippen MR) is 97.6 cm³/mol. The van der Waals surface area contributed by atoms with E-state index in [2.05, 4.69) is 0 Å². The van der Waals surface area contributed by atoms with Crippen molar-refractivity contribution in [3.8, 4) is 11.5 Å². The summed E-state index contributed by atoms with van der Waals surface area (Å²) in [6, 6.07) is 5.04. The number of hydrogen-bond donors (Lipinski definition) is 0. The molecule has 2 unspecified atom stereocenters. The Morgan fingerprint density at radius 3 is 2.28 bits per heavy atom. The molecule has 0 spiro atoms. The number of hydroxylamine groups is 2. The van der Waals surface area contributed by atoms with Crippen molar-refractivity contribution in [3.63, 3.8) is 0 Å². The summed E-state index contributed by atoms with van der Waals surface area (Å²) in [7, 11) is 1.46. The van der Waals surface area contributed by atoms with Crippen LogP contribution in [0.1, 0.15) is 11.6 Å².